The van der Waals surface area contributed by atoms with Crippen LogP contribution in [0.2, 0.25) is 0 Å². The van der Waals surface area contributed by atoms with Gasteiger partial charge in [-0.15, -0.1) is 0 Å². The molecule has 25 heavy (non-hydrogen) atoms. The van der Waals surface area contributed by atoms with E-state index in [9.17, 15) is 4.79 Å². The highest BCUT2D eigenvalue weighted by Crippen LogP contribution is 2.23. The van der Waals surface area contributed by atoms with Gasteiger partial charge in [0.2, 0.25) is 0 Å². The molecule has 0 saturated carbocycles. The van der Waals surface area contributed by atoms with Gasteiger partial charge in [0.05, 0.1) is 0 Å². The molecule has 2 aromatic rings. The summed E-state index contributed by atoms with van der Waals surface area (Å²) in [4.78, 5) is 23.5. The van der Waals surface area contributed by atoms with Gasteiger partial charge in [0.1, 0.15) is 17.8 Å². The number of hydrogen-bond donors (Lipinski definition) is 1. The van der Waals surface area contributed by atoms with Crippen LogP contribution in [0.1, 0.15) is 52.9 Å². The Morgan fingerprint density at radius 1 is 0.960 bits per heavy atom. The molecule has 1 saturated heterocycles. The number of aryl methyl sites for hydroxylation is 3. The Morgan fingerprint density at radius 3 is 2.24 bits per heavy atom. The van der Waals surface area contributed by atoms with Crippen LogP contribution >= 0.6 is 0 Å². The molecule has 1 aromatic heterocycles. The standard InChI is InChI=1S/C20H26N4O/c1-14-10-15(2)19(16(3)11-14)23-20(25)17-12-18(22-13-21-17)24-8-6-4-5-7-9-24/h10-13H,4-9H2,1-3H3,(H,23,25). The molecule has 0 radical (unpaired) electrons. The molecule has 3 rings (SSSR count). The summed E-state index contributed by atoms with van der Waals surface area (Å²) >= 11 is 0. The van der Waals surface area contributed by atoms with Gasteiger partial charge in [0.25, 0.3) is 5.91 Å². The van der Waals surface area contributed by atoms with Crippen molar-refractivity contribution >= 4 is 17.4 Å². The van der Waals surface area contributed by atoms with Gasteiger partial charge in [0.15, 0.2) is 0 Å². The van der Waals surface area contributed by atoms with Crippen molar-refractivity contribution in [1.29, 1.82) is 0 Å². The molecule has 1 amide bonds. The number of nitrogens with one attached hydrogen (secondary N) is 1. The number of carbonyl (C=O) groups is 1. The van der Waals surface area contributed by atoms with E-state index in [1.807, 2.05) is 13.8 Å². The van der Waals surface area contributed by atoms with Crippen LogP contribution in [0.15, 0.2) is 24.5 Å². The van der Waals surface area contributed by atoms with E-state index in [0.29, 0.717) is 5.69 Å². The smallest absolute Gasteiger partial charge is 0.274 e. The SMILES string of the molecule is Cc1cc(C)c(NC(=O)c2cc(N3CCCCCC3)ncn2)c(C)c1. The van der Waals surface area contributed by atoms with Crippen LogP contribution in [-0.4, -0.2) is 29.0 Å². The maximum Gasteiger partial charge on any atom is 0.274 e. The first-order valence-corrected chi connectivity index (χ1v) is 9.01. The number of carbonyl (C=O) groups excluding carboxylic acids is 1. The van der Waals surface area contributed by atoms with Crippen molar-refractivity contribution < 1.29 is 4.79 Å². The fourth-order valence-electron chi connectivity index (χ4n) is 3.50. The minimum Gasteiger partial charge on any atom is -0.357 e. The van der Waals surface area contributed by atoms with E-state index < -0.39 is 0 Å². The zero-order valence-corrected chi connectivity index (χ0v) is 15.3. The van der Waals surface area contributed by atoms with Crippen molar-refractivity contribution in [2.24, 2.45) is 0 Å². The quantitative estimate of drug-likeness (QED) is 0.918. The van der Waals surface area contributed by atoms with Gasteiger partial charge in [-0.3, -0.25) is 4.79 Å². The zero-order valence-electron chi connectivity index (χ0n) is 15.3. The van der Waals surface area contributed by atoms with Gasteiger partial charge in [-0.2, -0.15) is 0 Å². The Balaban J connectivity index is 1.80. The van der Waals surface area contributed by atoms with E-state index in [-0.39, 0.29) is 5.91 Å². The number of amides is 1. The molecule has 1 aliphatic heterocycles. The highest BCUT2D eigenvalue weighted by Gasteiger charge is 2.16. The van der Waals surface area contributed by atoms with E-state index in [2.05, 4.69) is 39.2 Å². The average molecular weight is 338 g/mol. The van der Waals surface area contributed by atoms with Crippen molar-refractivity contribution in [2.75, 3.05) is 23.3 Å². The Labute approximate surface area is 149 Å². The van der Waals surface area contributed by atoms with Crippen LogP contribution in [0, 0.1) is 20.8 Å². The average Bonchev–Trinajstić information content (AvgIpc) is 2.87. The minimum absolute atomic E-state index is 0.187. The third-order valence-electron chi connectivity index (χ3n) is 4.73. The molecule has 5 heteroatoms. The molecular weight excluding hydrogens is 312 g/mol. The summed E-state index contributed by atoms with van der Waals surface area (Å²) < 4.78 is 0. The third-order valence-corrected chi connectivity index (χ3v) is 4.73. The Hall–Kier alpha value is -2.43. The van der Waals surface area contributed by atoms with Crippen molar-refractivity contribution in [3.8, 4) is 0 Å². The van der Waals surface area contributed by atoms with Crippen molar-refractivity contribution in [3.63, 3.8) is 0 Å². The summed E-state index contributed by atoms with van der Waals surface area (Å²) in [5.41, 5.74) is 4.60. The molecule has 0 unspecified atom stereocenters. The number of nitrogens with zero attached hydrogens (tertiary/aromatic N) is 3. The number of hydrogen-bond acceptors (Lipinski definition) is 4. The van der Waals surface area contributed by atoms with E-state index >= 15 is 0 Å². The second-order valence-electron chi connectivity index (χ2n) is 6.89. The van der Waals surface area contributed by atoms with Gasteiger partial charge >= 0.3 is 0 Å². The molecule has 1 aliphatic rings. The Bertz CT molecular complexity index is 741. The lowest BCUT2D eigenvalue weighted by Gasteiger charge is -2.21. The first kappa shape index (κ1) is 17.4. The van der Waals surface area contributed by atoms with Crippen molar-refractivity contribution in [2.45, 2.75) is 46.5 Å². The van der Waals surface area contributed by atoms with Crippen LogP contribution < -0.4 is 10.2 Å². The monoisotopic (exact) mass is 338 g/mol. The number of benzene rings is 1. The van der Waals surface area contributed by atoms with E-state index in [0.717, 1.165) is 35.7 Å². The summed E-state index contributed by atoms with van der Waals surface area (Å²) in [5, 5.41) is 3.02. The molecule has 1 aromatic carbocycles. The summed E-state index contributed by atoms with van der Waals surface area (Å²) in [6.07, 6.45) is 6.37. The number of rotatable bonds is 3. The van der Waals surface area contributed by atoms with Gasteiger partial charge in [-0.1, -0.05) is 30.5 Å². The van der Waals surface area contributed by atoms with Crippen LogP contribution in [0.3, 0.4) is 0 Å². The van der Waals surface area contributed by atoms with E-state index in [4.69, 9.17) is 0 Å². The van der Waals surface area contributed by atoms with Crippen LogP contribution in [0.4, 0.5) is 11.5 Å². The molecule has 0 bridgehead atoms. The fourth-order valence-corrected chi connectivity index (χ4v) is 3.50. The molecule has 0 spiro atoms. The molecular formula is C20H26N4O. The van der Waals surface area contributed by atoms with E-state index in [1.165, 1.54) is 37.6 Å². The largest absolute Gasteiger partial charge is 0.357 e. The van der Waals surface area contributed by atoms with Gasteiger partial charge in [0, 0.05) is 24.8 Å². The molecule has 2 heterocycles. The first-order chi connectivity index (χ1) is 12.0. The predicted molar refractivity (Wildman–Crippen MR) is 101 cm³/mol. The summed E-state index contributed by atoms with van der Waals surface area (Å²) in [6.45, 7) is 8.07. The fraction of sp³-hybridized carbons (Fsp3) is 0.450. The van der Waals surface area contributed by atoms with Crippen LogP contribution in [0.5, 0.6) is 0 Å². The molecule has 0 atom stereocenters. The maximum atomic E-state index is 12.7. The van der Waals surface area contributed by atoms with Crippen molar-refractivity contribution in [1.82, 2.24) is 9.97 Å². The van der Waals surface area contributed by atoms with Crippen LogP contribution in [-0.2, 0) is 0 Å². The number of aromatic nitrogens is 2. The molecule has 132 valence electrons. The zero-order chi connectivity index (χ0) is 17.8. The van der Waals surface area contributed by atoms with Gasteiger partial charge < -0.3 is 10.2 Å². The molecule has 0 aliphatic carbocycles. The summed E-state index contributed by atoms with van der Waals surface area (Å²) in [5.74, 6) is 0.660. The first-order valence-electron chi connectivity index (χ1n) is 9.01. The lowest BCUT2D eigenvalue weighted by Crippen LogP contribution is -2.26. The molecule has 1 N–H and O–H groups in total. The van der Waals surface area contributed by atoms with Crippen molar-refractivity contribution in [3.05, 3.63) is 46.9 Å². The molecule has 1 fully saturated rings. The molecule has 5 nitrogen and oxygen atoms in total. The summed E-state index contributed by atoms with van der Waals surface area (Å²) in [7, 11) is 0. The normalized spacial score (nSPS) is 14.9. The van der Waals surface area contributed by atoms with Gasteiger partial charge in [-0.25, -0.2) is 9.97 Å². The van der Waals surface area contributed by atoms with Gasteiger partial charge in [-0.05, 0) is 44.7 Å². The van der Waals surface area contributed by atoms with Crippen LogP contribution in [0.25, 0.3) is 0 Å². The van der Waals surface area contributed by atoms with E-state index in [1.54, 1.807) is 6.07 Å². The highest BCUT2D eigenvalue weighted by molar-refractivity contribution is 6.04. The summed E-state index contributed by atoms with van der Waals surface area (Å²) in [6, 6.07) is 5.95. The third kappa shape index (κ3) is 4.16. The Morgan fingerprint density at radius 2 is 1.60 bits per heavy atom. The lowest BCUT2D eigenvalue weighted by molar-refractivity contribution is 0.102. The predicted octanol–water partition coefficient (Wildman–Crippen LogP) is 4.03. The maximum absolute atomic E-state index is 12.7. The second-order valence-corrected chi connectivity index (χ2v) is 6.89. The highest BCUT2D eigenvalue weighted by atomic mass is 16.1. The Kier molecular flexibility index (Phi) is 5.31. The minimum atomic E-state index is -0.187. The lowest BCUT2D eigenvalue weighted by atomic mass is 10.0. The number of anilines is 2. The topological polar surface area (TPSA) is 58.1 Å². The second kappa shape index (κ2) is 7.64.